The normalized spacial score (nSPS) is 12.4. The molecule has 1 fully saturated rings. The van der Waals surface area contributed by atoms with Gasteiger partial charge in [-0.2, -0.15) is 0 Å². The lowest BCUT2D eigenvalue weighted by Gasteiger charge is -2.11. The second kappa shape index (κ2) is 12.9. The third kappa shape index (κ3) is 6.16. The smallest absolute Gasteiger partial charge is 0.0892 e. The molecule has 8 aromatic rings. The van der Waals surface area contributed by atoms with E-state index in [-0.39, 0.29) is 0 Å². The first-order valence-electron chi connectivity index (χ1n) is 16.2. The fraction of sp³-hybridized carbons (Fsp3) is 0.0952. The predicted octanol–water partition coefficient (Wildman–Crippen LogP) is 9.90. The second-order valence-corrected chi connectivity index (χ2v) is 12.1. The van der Waals surface area contributed by atoms with Crippen molar-refractivity contribution in [3.63, 3.8) is 0 Å². The number of rotatable bonds is 5. The van der Waals surface area contributed by atoms with E-state index in [9.17, 15) is 0 Å². The first-order valence-corrected chi connectivity index (χ1v) is 16.2. The van der Waals surface area contributed by atoms with Crippen molar-refractivity contribution < 1.29 is 0 Å². The Morgan fingerprint density at radius 1 is 0.417 bits per heavy atom. The maximum atomic E-state index is 4.69. The van der Waals surface area contributed by atoms with E-state index < -0.39 is 0 Å². The topological polar surface area (TPSA) is 77.3 Å². The van der Waals surface area contributed by atoms with Crippen molar-refractivity contribution >= 4 is 22.1 Å². The van der Waals surface area contributed by atoms with Gasteiger partial charge in [-0.25, -0.2) is 0 Å². The van der Waals surface area contributed by atoms with Crippen LogP contribution >= 0.6 is 0 Å². The highest BCUT2D eigenvalue weighted by Gasteiger charge is 2.24. The summed E-state index contributed by atoms with van der Waals surface area (Å²) in [6.45, 7) is 2.09. The monoisotopic (exact) mass is 620 g/mol. The molecule has 4 aromatic carbocycles. The van der Waals surface area contributed by atoms with E-state index in [1.165, 1.54) is 29.5 Å². The third-order valence-corrected chi connectivity index (χ3v) is 8.68. The van der Waals surface area contributed by atoms with Crippen LogP contribution in [0, 0.1) is 6.92 Å². The van der Waals surface area contributed by atoms with Crippen molar-refractivity contribution in [2.75, 3.05) is 0 Å². The Morgan fingerprint density at radius 2 is 0.938 bits per heavy atom. The van der Waals surface area contributed by atoms with Gasteiger partial charge < -0.3 is 0 Å². The van der Waals surface area contributed by atoms with Crippen LogP contribution in [-0.2, 0) is 0 Å². The van der Waals surface area contributed by atoms with Crippen molar-refractivity contribution in [1.29, 1.82) is 0 Å². The van der Waals surface area contributed by atoms with Gasteiger partial charge in [0.15, 0.2) is 0 Å². The van der Waals surface area contributed by atoms with Gasteiger partial charge in [0.05, 0.1) is 33.5 Å². The molecule has 0 atom stereocenters. The van der Waals surface area contributed by atoms with Crippen molar-refractivity contribution in [1.82, 2.24) is 29.9 Å². The molecular formula is C42H32N6. The van der Waals surface area contributed by atoms with Crippen molar-refractivity contribution in [2.24, 2.45) is 0 Å². The van der Waals surface area contributed by atoms with E-state index >= 15 is 0 Å². The molecule has 0 amide bonds. The van der Waals surface area contributed by atoms with E-state index in [0.717, 1.165) is 67.2 Å². The van der Waals surface area contributed by atoms with Crippen LogP contribution in [0.2, 0.25) is 0 Å². The number of hydrogen-bond acceptors (Lipinski definition) is 6. The molecule has 0 bridgehead atoms. The van der Waals surface area contributed by atoms with Gasteiger partial charge in [-0.1, -0.05) is 66.2 Å². The number of fused-ring (bicyclic) bond motifs is 2. The summed E-state index contributed by atoms with van der Waals surface area (Å²) in [5.74, 6) is 0.739. The van der Waals surface area contributed by atoms with E-state index in [1.54, 1.807) is 24.8 Å². The van der Waals surface area contributed by atoms with Gasteiger partial charge in [-0.15, -0.1) is 0 Å². The number of hydrogen-bond donors (Lipinski definition) is 0. The minimum atomic E-state index is 0.739. The summed E-state index contributed by atoms with van der Waals surface area (Å²) in [6.07, 6.45) is 13.2. The number of aromatic nitrogens is 6. The largest absolute Gasteiger partial charge is 0.256 e. The molecule has 4 heterocycles. The molecule has 0 unspecified atom stereocenters. The molecule has 48 heavy (non-hydrogen) atoms. The summed E-state index contributed by atoms with van der Waals surface area (Å²) in [5.41, 5.74) is 15.0. The number of nitrogens with zero attached hydrogens (tertiary/aromatic N) is 6. The first kappa shape index (κ1) is 29.3. The third-order valence-electron chi connectivity index (χ3n) is 8.68. The van der Waals surface area contributed by atoms with Crippen LogP contribution in [0.15, 0.2) is 146 Å². The lowest BCUT2D eigenvalue weighted by Crippen LogP contribution is -1.91. The summed E-state index contributed by atoms with van der Waals surface area (Å²) in [4.78, 5) is 26.8. The molecule has 0 radical (unpaired) electrons. The number of benzene rings is 4. The number of pyridine rings is 2. The van der Waals surface area contributed by atoms with Crippen LogP contribution in [0.25, 0.3) is 66.8 Å². The van der Waals surface area contributed by atoms with E-state index in [2.05, 4.69) is 117 Å². The zero-order valence-corrected chi connectivity index (χ0v) is 26.5. The van der Waals surface area contributed by atoms with Gasteiger partial charge in [0.1, 0.15) is 0 Å². The molecule has 0 aliphatic heterocycles. The molecule has 230 valence electrons. The maximum absolute atomic E-state index is 4.69. The minimum Gasteiger partial charge on any atom is -0.256 e. The van der Waals surface area contributed by atoms with Crippen LogP contribution < -0.4 is 0 Å². The Balaban J connectivity index is 0.000000141. The maximum Gasteiger partial charge on any atom is 0.0892 e. The minimum absolute atomic E-state index is 0.739. The lowest BCUT2D eigenvalue weighted by molar-refractivity contribution is 1.13. The van der Waals surface area contributed by atoms with E-state index in [1.807, 2.05) is 36.7 Å². The van der Waals surface area contributed by atoms with E-state index in [4.69, 9.17) is 4.98 Å². The highest BCUT2D eigenvalue weighted by Crippen LogP contribution is 2.42. The van der Waals surface area contributed by atoms with Gasteiger partial charge in [-0.05, 0) is 90.9 Å². The Hall–Kier alpha value is -6.14. The molecule has 1 aliphatic carbocycles. The highest BCUT2D eigenvalue weighted by atomic mass is 14.8. The average molecular weight is 621 g/mol. The summed E-state index contributed by atoms with van der Waals surface area (Å²) in [5, 5.41) is 0. The Bertz CT molecular complexity index is 2400. The van der Waals surface area contributed by atoms with Gasteiger partial charge in [0, 0.05) is 59.4 Å². The highest BCUT2D eigenvalue weighted by molar-refractivity contribution is 5.88. The van der Waals surface area contributed by atoms with Crippen LogP contribution in [0.4, 0.5) is 0 Å². The summed E-state index contributed by atoms with van der Waals surface area (Å²) < 4.78 is 0. The molecule has 4 aromatic heterocycles. The van der Waals surface area contributed by atoms with Gasteiger partial charge in [0.2, 0.25) is 0 Å². The molecule has 6 heteroatoms. The Morgan fingerprint density at radius 3 is 1.48 bits per heavy atom. The molecule has 0 saturated heterocycles. The zero-order chi connectivity index (χ0) is 32.3. The quantitative estimate of drug-likeness (QED) is 0.191. The summed E-state index contributed by atoms with van der Waals surface area (Å²) in [6, 6.07) is 37.8. The Labute approximate surface area is 279 Å². The fourth-order valence-electron chi connectivity index (χ4n) is 6.15. The molecule has 0 N–H and O–H groups in total. The van der Waals surface area contributed by atoms with Crippen LogP contribution in [0.1, 0.15) is 29.9 Å². The molecule has 1 aliphatic rings. The SMILES string of the molecule is Cc1cccc(-c2ncccc2-c2ccc3nccnc3c2)c1.c1cc(-c2ncccc2-c2ccc3nccnc3c2)cc(C2CC2)c1. The van der Waals surface area contributed by atoms with Crippen molar-refractivity contribution in [3.8, 4) is 44.8 Å². The lowest BCUT2D eigenvalue weighted by atomic mass is 9.97. The van der Waals surface area contributed by atoms with Gasteiger partial charge in [0.25, 0.3) is 0 Å². The molecule has 0 spiro atoms. The van der Waals surface area contributed by atoms with Gasteiger partial charge in [-0.3, -0.25) is 29.9 Å². The molecule has 9 rings (SSSR count). The first-order chi connectivity index (χ1) is 23.7. The van der Waals surface area contributed by atoms with Crippen LogP contribution in [0.3, 0.4) is 0 Å². The van der Waals surface area contributed by atoms with Crippen molar-refractivity contribution in [3.05, 3.63) is 158 Å². The fourth-order valence-corrected chi connectivity index (χ4v) is 6.15. The molecule has 6 nitrogen and oxygen atoms in total. The summed E-state index contributed by atoms with van der Waals surface area (Å²) in [7, 11) is 0. The van der Waals surface area contributed by atoms with Crippen LogP contribution in [-0.4, -0.2) is 29.9 Å². The standard InChI is InChI=1S/C22H17N3.C20H15N3/c1-3-16(15-6-7-15)13-18(4-1)22-19(5-2-10-25-22)17-8-9-20-21(14-17)24-12-11-23-20;1-14-4-2-5-16(12-14)20-17(6-3-9-23-20)15-7-8-18-19(13-15)22-11-10-21-18/h1-5,8-15H,6-7H2;2-13H,1H3. The van der Waals surface area contributed by atoms with Crippen molar-refractivity contribution in [2.45, 2.75) is 25.7 Å². The zero-order valence-electron chi connectivity index (χ0n) is 26.5. The average Bonchev–Trinajstić information content (AvgIpc) is 4.01. The summed E-state index contributed by atoms with van der Waals surface area (Å²) >= 11 is 0. The van der Waals surface area contributed by atoms with Crippen LogP contribution in [0.5, 0.6) is 0 Å². The molecular weight excluding hydrogens is 589 g/mol. The van der Waals surface area contributed by atoms with E-state index in [0.29, 0.717) is 0 Å². The van der Waals surface area contributed by atoms with Gasteiger partial charge >= 0.3 is 0 Å². The second-order valence-electron chi connectivity index (χ2n) is 12.1. The molecule has 1 saturated carbocycles. The Kier molecular flexibility index (Phi) is 7.89. The predicted molar refractivity (Wildman–Crippen MR) is 193 cm³/mol. The number of aryl methyl sites for hydroxylation is 1.